The summed E-state index contributed by atoms with van der Waals surface area (Å²) in [5.41, 5.74) is 5.40. The lowest BCUT2D eigenvalue weighted by Gasteiger charge is -2.13. The Hall–Kier alpha value is -7.76. The molecule has 5 heteroatoms. The third-order valence-electron chi connectivity index (χ3n) is 11.3. The lowest BCUT2D eigenvalue weighted by atomic mass is 9.95. The molecule has 12 rings (SSSR count). The van der Waals surface area contributed by atoms with E-state index < -0.39 is 0 Å². The maximum Gasteiger partial charge on any atom is 0.227 e. The Bertz CT molecular complexity index is 3590. The number of oxazole rings is 1. The summed E-state index contributed by atoms with van der Waals surface area (Å²) < 4.78 is 6.57. The van der Waals surface area contributed by atoms with Gasteiger partial charge in [0.25, 0.3) is 0 Å². The van der Waals surface area contributed by atoms with Crippen molar-refractivity contribution in [3.63, 3.8) is 0 Å². The smallest absolute Gasteiger partial charge is 0.227 e. The molecule has 264 valence electrons. The van der Waals surface area contributed by atoms with Crippen LogP contribution in [0, 0.1) is 0 Å². The number of hydrogen-bond donors (Lipinski definition) is 0. The van der Waals surface area contributed by atoms with Gasteiger partial charge in [0.2, 0.25) is 5.89 Å². The van der Waals surface area contributed by atoms with E-state index in [0.29, 0.717) is 23.4 Å². The van der Waals surface area contributed by atoms with Gasteiger partial charge in [-0.05, 0) is 90.3 Å². The second-order valence-electron chi connectivity index (χ2n) is 14.6. The lowest BCUT2D eigenvalue weighted by molar-refractivity contribution is 0.623. The molecule has 0 spiro atoms. The molecular weight excluding hydrogens is 697 g/mol. The van der Waals surface area contributed by atoms with Crippen LogP contribution in [0.4, 0.5) is 0 Å². The second kappa shape index (κ2) is 12.4. The molecule has 0 amide bonds. The van der Waals surface area contributed by atoms with Crippen molar-refractivity contribution in [1.82, 2.24) is 19.9 Å². The molecule has 0 fully saturated rings. The molecule has 0 aliphatic carbocycles. The van der Waals surface area contributed by atoms with Crippen LogP contribution in [0.1, 0.15) is 0 Å². The molecule has 0 aliphatic rings. The molecule has 0 saturated heterocycles. The van der Waals surface area contributed by atoms with Gasteiger partial charge in [-0.3, -0.25) is 0 Å². The first kappa shape index (κ1) is 31.6. The number of hydrogen-bond acceptors (Lipinski definition) is 5. The highest BCUT2D eigenvalue weighted by Gasteiger charge is 2.19. The highest BCUT2D eigenvalue weighted by molar-refractivity contribution is 6.26. The fourth-order valence-corrected chi connectivity index (χ4v) is 8.51. The normalized spacial score (nSPS) is 11.9. The SMILES string of the molecule is c1ccc(-c2nc3ccc4ccc5ccc6cc(-c7nc(-c8ccc9ccccc9c8)nc(-c8cc9ccccc9c9ccccc89)n7)ccc6c5c4c3o2)cc1. The standard InChI is InChI=1S/C52H30N4O/c1-2-11-34(12-3-1)52-53-45-27-25-33-20-19-32-21-22-37-29-39(24-26-41(37)46(32)47(33)48(45)57-52)50-54-49(38-23-18-31-10-4-5-13-35(31)28-38)55-51(56-50)44-30-36-14-6-7-15-40(36)42-16-8-9-17-43(42)44/h1-30H. The third kappa shape index (κ3) is 5.10. The summed E-state index contributed by atoms with van der Waals surface area (Å²) in [5.74, 6) is 2.50. The maximum atomic E-state index is 6.57. The molecule has 10 aromatic carbocycles. The Balaban J connectivity index is 1.09. The third-order valence-corrected chi connectivity index (χ3v) is 11.3. The summed E-state index contributed by atoms with van der Waals surface area (Å²) in [4.78, 5) is 20.6. The summed E-state index contributed by atoms with van der Waals surface area (Å²) in [6, 6.07) is 63.6. The first-order valence-electron chi connectivity index (χ1n) is 19.1. The molecule has 2 heterocycles. The maximum absolute atomic E-state index is 6.57. The monoisotopic (exact) mass is 726 g/mol. The van der Waals surface area contributed by atoms with Crippen molar-refractivity contribution < 1.29 is 4.42 Å². The molecule has 0 aliphatic heterocycles. The molecule has 0 radical (unpaired) electrons. The molecule has 0 saturated carbocycles. The molecule has 57 heavy (non-hydrogen) atoms. The van der Waals surface area contributed by atoms with Crippen molar-refractivity contribution in [3.8, 4) is 45.6 Å². The molecular formula is C52H30N4O. The van der Waals surface area contributed by atoms with Crippen molar-refractivity contribution in [2.75, 3.05) is 0 Å². The van der Waals surface area contributed by atoms with E-state index in [2.05, 4.69) is 146 Å². The van der Waals surface area contributed by atoms with Crippen molar-refractivity contribution >= 4 is 75.7 Å². The highest BCUT2D eigenvalue weighted by Crippen LogP contribution is 2.40. The van der Waals surface area contributed by atoms with E-state index in [9.17, 15) is 0 Å². The van der Waals surface area contributed by atoms with Crippen molar-refractivity contribution in [2.24, 2.45) is 0 Å². The zero-order chi connectivity index (χ0) is 37.5. The van der Waals surface area contributed by atoms with Crippen molar-refractivity contribution in [1.29, 1.82) is 0 Å². The number of aromatic nitrogens is 4. The van der Waals surface area contributed by atoms with Crippen LogP contribution >= 0.6 is 0 Å². The van der Waals surface area contributed by atoms with Crippen LogP contribution in [0.5, 0.6) is 0 Å². The van der Waals surface area contributed by atoms with E-state index in [0.717, 1.165) is 81.8 Å². The first-order chi connectivity index (χ1) is 28.2. The molecule has 0 bridgehead atoms. The van der Waals surface area contributed by atoms with Gasteiger partial charge in [0.1, 0.15) is 5.52 Å². The molecule has 5 nitrogen and oxygen atoms in total. The lowest BCUT2D eigenvalue weighted by Crippen LogP contribution is -2.01. The Kier molecular flexibility index (Phi) is 6.86. The van der Waals surface area contributed by atoms with Gasteiger partial charge in [-0.25, -0.2) is 19.9 Å². The van der Waals surface area contributed by atoms with Crippen LogP contribution in [0.2, 0.25) is 0 Å². The van der Waals surface area contributed by atoms with E-state index >= 15 is 0 Å². The summed E-state index contributed by atoms with van der Waals surface area (Å²) in [5, 5.41) is 13.6. The van der Waals surface area contributed by atoms with Gasteiger partial charge in [-0.1, -0.05) is 146 Å². The summed E-state index contributed by atoms with van der Waals surface area (Å²) >= 11 is 0. The van der Waals surface area contributed by atoms with E-state index in [-0.39, 0.29) is 0 Å². The van der Waals surface area contributed by atoms with Gasteiger partial charge >= 0.3 is 0 Å². The van der Waals surface area contributed by atoms with Gasteiger partial charge in [0.05, 0.1) is 0 Å². The van der Waals surface area contributed by atoms with Crippen LogP contribution < -0.4 is 0 Å². The summed E-state index contributed by atoms with van der Waals surface area (Å²) in [7, 11) is 0. The number of fused-ring (bicyclic) bond motifs is 11. The fraction of sp³-hybridized carbons (Fsp3) is 0. The van der Waals surface area contributed by atoms with E-state index in [1.807, 2.05) is 36.4 Å². The molecule has 2 aromatic heterocycles. The minimum atomic E-state index is 0.615. The zero-order valence-electron chi connectivity index (χ0n) is 30.5. The highest BCUT2D eigenvalue weighted by atomic mass is 16.3. The summed E-state index contributed by atoms with van der Waals surface area (Å²) in [6.07, 6.45) is 0. The minimum Gasteiger partial charge on any atom is -0.435 e. The van der Waals surface area contributed by atoms with Crippen LogP contribution in [-0.4, -0.2) is 19.9 Å². The van der Waals surface area contributed by atoms with E-state index in [4.69, 9.17) is 24.4 Å². The van der Waals surface area contributed by atoms with Gasteiger partial charge < -0.3 is 4.42 Å². The number of rotatable bonds is 4. The average Bonchev–Trinajstić information content (AvgIpc) is 3.73. The van der Waals surface area contributed by atoms with Gasteiger partial charge in [0.15, 0.2) is 23.1 Å². The van der Waals surface area contributed by atoms with Crippen LogP contribution in [-0.2, 0) is 0 Å². The van der Waals surface area contributed by atoms with Gasteiger partial charge in [-0.15, -0.1) is 0 Å². The van der Waals surface area contributed by atoms with Crippen molar-refractivity contribution in [2.45, 2.75) is 0 Å². The van der Waals surface area contributed by atoms with E-state index in [1.54, 1.807) is 0 Å². The van der Waals surface area contributed by atoms with Crippen LogP contribution in [0.3, 0.4) is 0 Å². The summed E-state index contributed by atoms with van der Waals surface area (Å²) in [6.45, 7) is 0. The fourth-order valence-electron chi connectivity index (χ4n) is 8.51. The molecule has 12 aromatic rings. The Morgan fingerprint density at radius 3 is 1.68 bits per heavy atom. The van der Waals surface area contributed by atoms with Crippen LogP contribution in [0.25, 0.3) is 121 Å². The Labute approximate surface area is 326 Å². The predicted molar refractivity (Wildman–Crippen MR) is 234 cm³/mol. The minimum absolute atomic E-state index is 0.615. The van der Waals surface area contributed by atoms with Crippen molar-refractivity contribution in [3.05, 3.63) is 182 Å². The second-order valence-corrected chi connectivity index (χ2v) is 14.6. The molecule has 0 atom stereocenters. The van der Waals surface area contributed by atoms with Gasteiger partial charge in [0, 0.05) is 33.0 Å². The average molecular weight is 727 g/mol. The molecule has 0 unspecified atom stereocenters. The van der Waals surface area contributed by atoms with Crippen LogP contribution in [0.15, 0.2) is 186 Å². The molecule has 0 N–H and O–H groups in total. The number of benzene rings is 10. The topological polar surface area (TPSA) is 64.7 Å². The van der Waals surface area contributed by atoms with E-state index in [1.165, 1.54) is 16.2 Å². The Morgan fingerprint density at radius 1 is 0.316 bits per heavy atom. The largest absolute Gasteiger partial charge is 0.435 e. The predicted octanol–water partition coefficient (Wildman–Crippen LogP) is 13.6. The first-order valence-corrected chi connectivity index (χ1v) is 19.1. The van der Waals surface area contributed by atoms with Gasteiger partial charge in [-0.2, -0.15) is 0 Å². The Morgan fingerprint density at radius 2 is 0.877 bits per heavy atom. The zero-order valence-corrected chi connectivity index (χ0v) is 30.5. The quantitative estimate of drug-likeness (QED) is 0.169. The number of nitrogens with zero attached hydrogens (tertiary/aromatic N) is 4.